The molecule has 0 aliphatic carbocycles. The van der Waals surface area contributed by atoms with Gasteiger partial charge in [0.1, 0.15) is 11.2 Å². The molecule has 0 spiro atoms. The van der Waals surface area contributed by atoms with E-state index in [1.54, 1.807) is 18.2 Å². The first-order chi connectivity index (χ1) is 9.54. The maximum Gasteiger partial charge on any atom is 0.193 e. The first kappa shape index (κ1) is 15.7. The van der Waals surface area contributed by atoms with Crippen molar-refractivity contribution >= 4 is 17.7 Å². The van der Waals surface area contributed by atoms with Crippen LogP contribution in [0.4, 0.5) is 0 Å². The second-order valence-electron chi connectivity index (χ2n) is 4.33. The highest BCUT2D eigenvalue weighted by atomic mass is 16.3. The van der Waals surface area contributed by atoms with E-state index in [0.717, 1.165) is 11.1 Å². The second-order valence-corrected chi connectivity index (χ2v) is 4.33. The van der Waals surface area contributed by atoms with E-state index in [4.69, 9.17) is 4.42 Å². The average Bonchev–Trinajstić information content (AvgIpc) is 2.41. The summed E-state index contributed by atoms with van der Waals surface area (Å²) in [5, 5.41) is 0.512. The molecular formula is C18H20O2. The van der Waals surface area contributed by atoms with Crippen molar-refractivity contribution in [2.24, 2.45) is 0 Å². The van der Waals surface area contributed by atoms with Crippen LogP contribution in [0.5, 0.6) is 0 Å². The van der Waals surface area contributed by atoms with Crippen molar-refractivity contribution in [2.75, 3.05) is 0 Å². The summed E-state index contributed by atoms with van der Waals surface area (Å²) in [5.74, 6) is 0.523. The second kappa shape index (κ2) is 7.29. The number of allylic oxidation sites excluding steroid dienone is 6. The molecule has 0 fully saturated rings. The maximum absolute atomic E-state index is 12.2. The van der Waals surface area contributed by atoms with Crippen molar-refractivity contribution in [3.63, 3.8) is 0 Å². The summed E-state index contributed by atoms with van der Waals surface area (Å²) in [7, 11) is 0. The van der Waals surface area contributed by atoms with Gasteiger partial charge >= 0.3 is 0 Å². The largest absolute Gasteiger partial charge is 0.456 e. The van der Waals surface area contributed by atoms with Crippen LogP contribution in [-0.2, 0) is 0 Å². The molecule has 0 N–H and O–H groups in total. The summed E-state index contributed by atoms with van der Waals surface area (Å²) >= 11 is 0. The predicted octanol–water partition coefficient (Wildman–Crippen LogP) is 2.94. The Kier molecular flexibility index (Phi) is 5.73. The van der Waals surface area contributed by atoms with Gasteiger partial charge in [-0.3, -0.25) is 4.79 Å². The van der Waals surface area contributed by atoms with Crippen LogP contribution in [0.2, 0.25) is 0 Å². The smallest absolute Gasteiger partial charge is 0.193 e. The van der Waals surface area contributed by atoms with Gasteiger partial charge in [0, 0.05) is 11.6 Å². The molecule has 0 saturated heterocycles. The molecule has 104 valence electrons. The third-order valence-corrected chi connectivity index (χ3v) is 2.74. The molecule has 1 aromatic rings. The van der Waals surface area contributed by atoms with Gasteiger partial charge in [-0.25, -0.2) is 0 Å². The van der Waals surface area contributed by atoms with Gasteiger partial charge in [-0.15, -0.1) is 0 Å². The standard InChI is InChI=1S/C18H20O2/c1-6-9-11-14(13(4)5)18-12-16(19)15(10-7-2)17(8-3)20-18/h6-12H,2,4H2,1,3,5H3/b9-6-,14-11+,15-10-,17-8+. The molecule has 0 aliphatic rings. The topological polar surface area (TPSA) is 30.2 Å². The fourth-order valence-corrected chi connectivity index (χ4v) is 1.78. The molecule has 20 heavy (non-hydrogen) atoms. The van der Waals surface area contributed by atoms with Crippen molar-refractivity contribution in [1.82, 2.24) is 0 Å². The molecule has 1 heterocycles. The SMILES string of the molecule is C=C/C=c1/c(=O)cc(/C(=C/C=C\C)C(=C)C)o/c1=C/C. The first-order valence-electron chi connectivity index (χ1n) is 6.47. The summed E-state index contributed by atoms with van der Waals surface area (Å²) in [6.45, 7) is 13.2. The molecule has 2 heteroatoms. The van der Waals surface area contributed by atoms with E-state index >= 15 is 0 Å². The molecule has 2 nitrogen and oxygen atoms in total. The lowest BCUT2D eigenvalue weighted by Crippen LogP contribution is -2.38. The summed E-state index contributed by atoms with van der Waals surface area (Å²) in [5.41, 5.74) is 2.11. The van der Waals surface area contributed by atoms with Gasteiger partial charge in [0.2, 0.25) is 0 Å². The van der Waals surface area contributed by atoms with Gasteiger partial charge < -0.3 is 4.42 Å². The Morgan fingerprint density at radius 3 is 2.55 bits per heavy atom. The molecule has 0 aromatic carbocycles. The first-order valence-corrected chi connectivity index (χ1v) is 6.47. The lowest BCUT2D eigenvalue weighted by Gasteiger charge is -2.05. The fourth-order valence-electron chi connectivity index (χ4n) is 1.78. The highest BCUT2D eigenvalue weighted by Gasteiger charge is 2.07. The average molecular weight is 268 g/mol. The Morgan fingerprint density at radius 2 is 2.05 bits per heavy atom. The van der Waals surface area contributed by atoms with Gasteiger partial charge in [-0.2, -0.15) is 0 Å². The molecule has 1 rings (SSSR count). The molecular weight excluding hydrogens is 248 g/mol. The highest BCUT2D eigenvalue weighted by Crippen LogP contribution is 2.19. The minimum absolute atomic E-state index is 0.0909. The third-order valence-electron chi connectivity index (χ3n) is 2.74. The van der Waals surface area contributed by atoms with Gasteiger partial charge in [0.05, 0.1) is 5.22 Å². The Hall–Kier alpha value is -2.35. The normalized spacial score (nSPS) is 14.1. The Labute approximate surface area is 119 Å². The van der Waals surface area contributed by atoms with E-state index in [1.807, 2.05) is 39.0 Å². The van der Waals surface area contributed by atoms with Gasteiger partial charge in [-0.1, -0.05) is 37.5 Å². The van der Waals surface area contributed by atoms with E-state index in [1.165, 1.54) is 6.07 Å². The van der Waals surface area contributed by atoms with E-state index in [-0.39, 0.29) is 5.43 Å². The number of rotatable bonds is 4. The van der Waals surface area contributed by atoms with Crippen molar-refractivity contribution in [3.8, 4) is 0 Å². The van der Waals surface area contributed by atoms with Crippen molar-refractivity contribution in [1.29, 1.82) is 0 Å². The zero-order valence-corrected chi connectivity index (χ0v) is 12.3. The van der Waals surface area contributed by atoms with Crippen LogP contribution in [-0.4, -0.2) is 0 Å². The Balaban J connectivity index is 3.69. The molecule has 0 amide bonds. The van der Waals surface area contributed by atoms with Gasteiger partial charge in [-0.05, 0) is 38.5 Å². The molecule has 1 aromatic heterocycles. The van der Waals surface area contributed by atoms with Crippen LogP contribution in [0.3, 0.4) is 0 Å². The molecule has 0 saturated carbocycles. The summed E-state index contributed by atoms with van der Waals surface area (Å²) in [6.07, 6.45) is 10.7. The maximum atomic E-state index is 12.2. The van der Waals surface area contributed by atoms with Crippen LogP contribution in [0.1, 0.15) is 26.5 Å². The monoisotopic (exact) mass is 268 g/mol. The van der Waals surface area contributed by atoms with Crippen LogP contribution >= 0.6 is 0 Å². The van der Waals surface area contributed by atoms with Crippen molar-refractivity contribution in [3.05, 3.63) is 75.7 Å². The zero-order chi connectivity index (χ0) is 15.1. The molecule has 0 bridgehead atoms. The van der Waals surface area contributed by atoms with Gasteiger partial charge in [0.25, 0.3) is 0 Å². The zero-order valence-electron chi connectivity index (χ0n) is 12.3. The van der Waals surface area contributed by atoms with Gasteiger partial charge in [0.15, 0.2) is 5.43 Å². The lowest BCUT2D eigenvalue weighted by molar-refractivity contribution is 0.495. The fraction of sp³-hybridized carbons (Fsp3) is 0.167. The van der Waals surface area contributed by atoms with Crippen LogP contribution in [0, 0.1) is 0 Å². The molecule has 0 radical (unpaired) electrons. The quantitative estimate of drug-likeness (QED) is 0.786. The van der Waals surface area contributed by atoms with Crippen LogP contribution in [0.15, 0.2) is 58.3 Å². The Bertz CT molecular complexity index is 741. The number of hydrogen-bond acceptors (Lipinski definition) is 2. The minimum atomic E-state index is -0.0909. The molecule has 0 unspecified atom stereocenters. The van der Waals surface area contributed by atoms with Crippen LogP contribution < -0.4 is 16.1 Å². The third kappa shape index (κ3) is 3.58. The van der Waals surface area contributed by atoms with E-state index < -0.39 is 0 Å². The minimum Gasteiger partial charge on any atom is -0.456 e. The Morgan fingerprint density at radius 1 is 1.35 bits per heavy atom. The summed E-state index contributed by atoms with van der Waals surface area (Å²) in [4.78, 5) is 12.2. The number of hydrogen-bond donors (Lipinski definition) is 0. The lowest BCUT2D eigenvalue weighted by atomic mass is 10.1. The molecule has 0 aliphatic heterocycles. The van der Waals surface area contributed by atoms with E-state index in [0.29, 0.717) is 16.4 Å². The summed E-state index contributed by atoms with van der Waals surface area (Å²) < 4.78 is 5.81. The predicted molar refractivity (Wildman–Crippen MR) is 86.6 cm³/mol. The van der Waals surface area contributed by atoms with Crippen molar-refractivity contribution < 1.29 is 4.42 Å². The highest BCUT2D eigenvalue weighted by molar-refractivity contribution is 5.75. The van der Waals surface area contributed by atoms with Crippen LogP contribution in [0.25, 0.3) is 17.7 Å². The summed E-state index contributed by atoms with van der Waals surface area (Å²) in [6, 6.07) is 1.49. The molecule has 0 atom stereocenters. The van der Waals surface area contributed by atoms with Crippen molar-refractivity contribution in [2.45, 2.75) is 20.8 Å². The van der Waals surface area contributed by atoms with E-state index in [9.17, 15) is 4.79 Å². The van der Waals surface area contributed by atoms with E-state index in [2.05, 4.69) is 13.2 Å².